The molecule has 1 heterocycles. The molecule has 2 aliphatic carbocycles. The Kier molecular flexibility index (Phi) is 4.50. The SMILES string of the molecule is Cc1ccc(C(=O)N=C2C=CC3C(=C2)NC(=O)C2=C3CCCC2)cc1[N+](=O)[O-]. The lowest BCUT2D eigenvalue weighted by molar-refractivity contribution is -0.385. The van der Waals surface area contributed by atoms with E-state index in [0.717, 1.165) is 42.5 Å². The summed E-state index contributed by atoms with van der Waals surface area (Å²) in [5.74, 6) is -0.590. The molecular formula is C21H19N3O4. The molecule has 0 bridgehead atoms. The van der Waals surface area contributed by atoms with Crippen LogP contribution in [0.2, 0.25) is 0 Å². The summed E-state index contributed by atoms with van der Waals surface area (Å²) in [6, 6.07) is 4.31. The van der Waals surface area contributed by atoms with Crippen molar-refractivity contribution in [1.29, 1.82) is 0 Å². The zero-order valence-corrected chi connectivity index (χ0v) is 15.4. The van der Waals surface area contributed by atoms with Crippen LogP contribution in [-0.2, 0) is 4.79 Å². The molecule has 0 saturated heterocycles. The lowest BCUT2D eigenvalue weighted by Gasteiger charge is -2.33. The molecule has 0 radical (unpaired) electrons. The smallest absolute Gasteiger partial charge is 0.277 e. The predicted molar refractivity (Wildman–Crippen MR) is 104 cm³/mol. The van der Waals surface area contributed by atoms with Gasteiger partial charge in [-0.25, -0.2) is 4.99 Å². The van der Waals surface area contributed by atoms with Crippen molar-refractivity contribution in [2.75, 3.05) is 0 Å². The van der Waals surface area contributed by atoms with E-state index >= 15 is 0 Å². The van der Waals surface area contributed by atoms with Gasteiger partial charge in [-0.3, -0.25) is 19.7 Å². The van der Waals surface area contributed by atoms with Crippen LogP contribution in [0.15, 0.2) is 58.3 Å². The highest BCUT2D eigenvalue weighted by Crippen LogP contribution is 2.38. The highest BCUT2D eigenvalue weighted by molar-refractivity contribution is 6.14. The molecule has 1 aromatic rings. The molecule has 0 saturated carbocycles. The minimum Gasteiger partial charge on any atom is -0.325 e. The Balaban J connectivity index is 1.62. The molecule has 1 N–H and O–H groups in total. The number of allylic oxidation sites excluding steroid dienone is 3. The Morgan fingerprint density at radius 3 is 2.86 bits per heavy atom. The van der Waals surface area contributed by atoms with Crippen LogP contribution >= 0.6 is 0 Å². The first-order valence-corrected chi connectivity index (χ1v) is 9.25. The molecule has 1 aromatic carbocycles. The molecule has 7 heteroatoms. The zero-order valence-electron chi connectivity index (χ0n) is 15.4. The van der Waals surface area contributed by atoms with Crippen molar-refractivity contribution in [3.63, 3.8) is 0 Å². The average molecular weight is 377 g/mol. The van der Waals surface area contributed by atoms with E-state index in [9.17, 15) is 19.7 Å². The van der Waals surface area contributed by atoms with Gasteiger partial charge in [-0.05, 0) is 56.4 Å². The number of carbonyl (C=O) groups is 2. The van der Waals surface area contributed by atoms with Crippen LogP contribution < -0.4 is 5.32 Å². The fourth-order valence-corrected chi connectivity index (χ4v) is 3.94. The number of benzene rings is 1. The van der Waals surface area contributed by atoms with Gasteiger partial charge in [0.25, 0.3) is 17.5 Å². The summed E-state index contributed by atoms with van der Waals surface area (Å²) < 4.78 is 0. The second-order valence-electron chi connectivity index (χ2n) is 7.20. The molecule has 1 aliphatic heterocycles. The van der Waals surface area contributed by atoms with Gasteiger partial charge in [0.2, 0.25) is 0 Å². The Bertz CT molecular complexity index is 1030. The molecule has 142 valence electrons. The number of aryl methyl sites for hydroxylation is 1. The molecule has 0 fully saturated rings. The largest absolute Gasteiger partial charge is 0.325 e. The number of nitrogens with zero attached hydrogens (tertiary/aromatic N) is 2. The van der Waals surface area contributed by atoms with Crippen molar-refractivity contribution >= 4 is 23.2 Å². The maximum Gasteiger partial charge on any atom is 0.277 e. The number of carbonyl (C=O) groups excluding carboxylic acids is 2. The van der Waals surface area contributed by atoms with Crippen LogP contribution in [0.5, 0.6) is 0 Å². The summed E-state index contributed by atoms with van der Waals surface area (Å²) in [5, 5.41) is 14.0. The van der Waals surface area contributed by atoms with Gasteiger partial charge in [-0.15, -0.1) is 0 Å². The third kappa shape index (κ3) is 3.19. The van der Waals surface area contributed by atoms with Gasteiger partial charge in [0.05, 0.1) is 10.6 Å². The summed E-state index contributed by atoms with van der Waals surface area (Å²) in [4.78, 5) is 39.5. The summed E-state index contributed by atoms with van der Waals surface area (Å²) in [7, 11) is 0. The van der Waals surface area contributed by atoms with Crippen molar-refractivity contribution < 1.29 is 14.5 Å². The van der Waals surface area contributed by atoms with Crippen molar-refractivity contribution in [2.24, 2.45) is 10.9 Å². The molecule has 28 heavy (non-hydrogen) atoms. The summed E-state index contributed by atoms with van der Waals surface area (Å²) >= 11 is 0. The lowest BCUT2D eigenvalue weighted by atomic mass is 9.77. The molecular weight excluding hydrogens is 358 g/mol. The fraction of sp³-hybridized carbons (Fsp3) is 0.286. The van der Waals surface area contributed by atoms with Crippen LogP contribution in [0, 0.1) is 23.0 Å². The van der Waals surface area contributed by atoms with E-state index in [2.05, 4.69) is 10.3 Å². The Morgan fingerprint density at radius 1 is 1.29 bits per heavy atom. The van der Waals surface area contributed by atoms with Gasteiger partial charge in [0.1, 0.15) is 0 Å². The number of rotatable bonds is 2. The Morgan fingerprint density at radius 2 is 2.07 bits per heavy atom. The molecule has 1 atom stereocenters. The number of aliphatic imine (C=N–C) groups is 1. The molecule has 2 amide bonds. The van der Waals surface area contributed by atoms with E-state index < -0.39 is 10.8 Å². The van der Waals surface area contributed by atoms with Gasteiger partial charge in [-0.2, -0.15) is 0 Å². The van der Waals surface area contributed by atoms with Gasteiger partial charge in [0.15, 0.2) is 0 Å². The number of nitro groups is 1. The fourth-order valence-electron chi connectivity index (χ4n) is 3.94. The monoisotopic (exact) mass is 377 g/mol. The van der Waals surface area contributed by atoms with E-state index in [4.69, 9.17) is 0 Å². The first-order chi connectivity index (χ1) is 13.4. The van der Waals surface area contributed by atoms with Crippen molar-refractivity contribution in [3.05, 3.63) is 74.5 Å². The summed E-state index contributed by atoms with van der Waals surface area (Å²) in [6.45, 7) is 1.62. The molecule has 0 spiro atoms. The van der Waals surface area contributed by atoms with Crippen molar-refractivity contribution in [1.82, 2.24) is 5.32 Å². The van der Waals surface area contributed by atoms with Crippen LogP contribution in [-0.4, -0.2) is 22.4 Å². The number of nitrogens with one attached hydrogen (secondary N) is 1. The lowest BCUT2D eigenvalue weighted by Crippen LogP contribution is -2.37. The number of hydrogen-bond donors (Lipinski definition) is 1. The van der Waals surface area contributed by atoms with Crippen molar-refractivity contribution in [3.8, 4) is 0 Å². The minimum absolute atomic E-state index is 0.0301. The maximum absolute atomic E-state index is 12.5. The topological polar surface area (TPSA) is 102 Å². The first kappa shape index (κ1) is 18.0. The van der Waals surface area contributed by atoms with Crippen LogP contribution in [0.1, 0.15) is 41.6 Å². The second kappa shape index (κ2) is 6.99. The molecule has 0 aromatic heterocycles. The predicted octanol–water partition coefficient (Wildman–Crippen LogP) is 3.55. The van der Waals surface area contributed by atoms with Crippen LogP contribution in [0.4, 0.5) is 5.69 Å². The van der Waals surface area contributed by atoms with E-state index in [1.54, 1.807) is 19.1 Å². The third-order valence-electron chi connectivity index (χ3n) is 5.40. The van der Waals surface area contributed by atoms with E-state index in [0.29, 0.717) is 11.3 Å². The molecule has 4 rings (SSSR count). The van der Waals surface area contributed by atoms with Crippen molar-refractivity contribution in [2.45, 2.75) is 32.6 Å². The van der Waals surface area contributed by atoms with Gasteiger partial charge >= 0.3 is 0 Å². The van der Waals surface area contributed by atoms with E-state index in [1.165, 1.54) is 18.2 Å². The molecule has 1 unspecified atom stereocenters. The summed E-state index contributed by atoms with van der Waals surface area (Å²) in [5.41, 5.74) is 3.73. The standard InChI is InChI=1S/C21H19N3O4/c1-12-6-7-13(10-19(12)24(27)28)20(25)22-14-8-9-16-15-4-2-3-5-17(15)21(26)23-18(16)11-14/h6-11,16H,2-5H2,1H3,(H,23,26). The van der Waals surface area contributed by atoms with Crippen LogP contribution in [0.3, 0.4) is 0 Å². The average Bonchev–Trinajstić information content (AvgIpc) is 2.68. The Labute approximate surface area is 161 Å². The van der Waals surface area contributed by atoms with E-state index in [-0.39, 0.29) is 23.1 Å². The second-order valence-corrected chi connectivity index (χ2v) is 7.20. The van der Waals surface area contributed by atoms with Gasteiger partial charge in [-0.1, -0.05) is 12.1 Å². The number of nitro benzene ring substituents is 1. The van der Waals surface area contributed by atoms with Crippen LogP contribution in [0.25, 0.3) is 0 Å². The van der Waals surface area contributed by atoms with Gasteiger partial charge < -0.3 is 5.32 Å². The van der Waals surface area contributed by atoms with E-state index in [1.807, 2.05) is 6.08 Å². The first-order valence-electron chi connectivity index (χ1n) is 9.25. The Hall–Kier alpha value is -3.35. The normalized spacial score (nSPS) is 22.3. The van der Waals surface area contributed by atoms with Gasteiger partial charge in [0, 0.05) is 34.4 Å². The highest BCUT2D eigenvalue weighted by Gasteiger charge is 2.33. The quantitative estimate of drug-likeness (QED) is 0.629. The highest BCUT2D eigenvalue weighted by atomic mass is 16.6. The number of fused-ring (bicyclic) bond motifs is 2. The number of amides is 2. The number of hydrogen-bond acceptors (Lipinski definition) is 4. The summed E-state index contributed by atoms with van der Waals surface area (Å²) in [6.07, 6.45) is 9.27. The zero-order chi connectivity index (χ0) is 19.8. The molecule has 7 nitrogen and oxygen atoms in total. The minimum atomic E-state index is -0.558. The molecule has 3 aliphatic rings. The third-order valence-corrected chi connectivity index (χ3v) is 5.40. The maximum atomic E-state index is 12.5.